The minimum absolute atomic E-state index is 0.644. The van der Waals surface area contributed by atoms with Crippen molar-refractivity contribution in [2.75, 3.05) is 0 Å². The molecule has 1 aliphatic rings. The maximum absolute atomic E-state index is 9.25. The molecule has 2 heteroatoms. The molecule has 152 valence electrons. The lowest BCUT2D eigenvalue weighted by Gasteiger charge is -2.29. The van der Waals surface area contributed by atoms with Gasteiger partial charge < -0.3 is 4.42 Å². The van der Waals surface area contributed by atoms with Gasteiger partial charge >= 0.3 is 0 Å². The van der Waals surface area contributed by atoms with Crippen molar-refractivity contribution >= 4 is 21.9 Å². The molecule has 0 unspecified atom stereocenters. The Bertz CT molecular complexity index is 1450. The summed E-state index contributed by atoms with van der Waals surface area (Å²) in [5.41, 5.74) is 5.65. The molecule has 0 saturated heterocycles. The van der Waals surface area contributed by atoms with E-state index in [1.54, 1.807) is 0 Å². The number of hydrogen-bond acceptors (Lipinski definition) is 2. The maximum atomic E-state index is 9.25. The Morgan fingerprint density at radius 3 is 2.16 bits per heavy atom. The number of para-hydroxylation sites is 1. The Labute approximate surface area is 185 Å². The average Bonchev–Trinajstić information content (AvgIpc) is 3.25. The van der Waals surface area contributed by atoms with Gasteiger partial charge in [-0.3, -0.25) is 4.98 Å². The Balaban J connectivity index is 1.28. The summed E-state index contributed by atoms with van der Waals surface area (Å²) >= 11 is 0. The van der Waals surface area contributed by atoms with Gasteiger partial charge in [0.2, 0.25) is 0 Å². The van der Waals surface area contributed by atoms with Crippen LogP contribution < -0.4 is 0 Å². The van der Waals surface area contributed by atoms with Gasteiger partial charge in [0.25, 0.3) is 0 Å². The van der Waals surface area contributed by atoms with Crippen molar-refractivity contribution < 1.29 is 7.16 Å². The molecule has 0 aliphatic heterocycles. The van der Waals surface area contributed by atoms with E-state index in [9.17, 15) is 2.74 Å². The second kappa shape index (κ2) is 7.70. The molecule has 0 amide bonds. The Morgan fingerprint density at radius 1 is 0.677 bits per heavy atom. The lowest BCUT2D eigenvalue weighted by molar-refractivity contribution is 0.396. The zero-order valence-electron chi connectivity index (χ0n) is 19.3. The van der Waals surface area contributed by atoms with E-state index in [4.69, 9.17) is 4.42 Å². The molecule has 3 aromatic carbocycles. The topological polar surface area (TPSA) is 26.0 Å². The van der Waals surface area contributed by atoms with Gasteiger partial charge in [-0.25, -0.2) is 0 Å². The van der Waals surface area contributed by atoms with Crippen molar-refractivity contribution in [3.63, 3.8) is 0 Å². The van der Waals surface area contributed by atoms with Crippen molar-refractivity contribution in [2.45, 2.75) is 37.5 Å². The Kier molecular flexibility index (Phi) is 4.05. The number of rotatable bonds is 3. The third-order valence-corrected chi connectivity index (χ3v) is 6.48. The summed E-state index contributed by atoms with van der Waals surface area (Å²) in [6.07, 6.45) is 4.39. The van der Waals surface area contributed by atoms with Crippen LogP contribution in [-0.2, 0) is 0 Å². The largest absolute Gasteiger partial charge is 0.456 e. The lowest BCUT2D eigenvalue weighted by Crippen LogP contribution is -2.12. The molecule has 0 N–H and O–H groups in total. The molecular weight excluding hydrogens is 378 g/mol. The Hall–Kier alpha value is -3.39. The highest BCUT2D eigenvalue weighted by atomic mass is 16.3. The van der Waals surface area contributed by atoms with Gasteiger partial charge in [-0.15, -0.1) is 0 Å². The molecule has 0 radical (unpaired) electrons. The molecule has 2 aromatic heterocycles. The first-order valence-electron chi connectivity index (χ1n) is 12.0. The van der Waals surface area contributed by atoms with Crippen molar-refractivity contribution in [2.24, 2.45) is 0 Å². The number of furan rings is 1. The summed E-state index contributed by atoms with van der Waals surface area (Å²) in [5.74, 6) is -1.40. The molecule has 2 nitrogen and oxygen atoms in total. The summed E-state index contributed by atoms with van der Waals surface area (Å²) in [7, 11) is 0. The standard InChI is InChI=1S/C29H25NO/c1-2-6-22(7-3-1)27-18-24(16-17-30-27)21-12-10-20(11-13-21)23-14-15-26-25-8-4-5-9-28(25)31-29(26)19-23/h1-9,14-21H,10-13H2/i20D,21D. The second-order valence-electron chi connectivity index (χ2n) is 8.31. The van der Waals surface area contributed by atoms with Gasteiger partial charge in [0, 0.05) is 25.3 Å². The van der Waals surface area contributed by atoms with E-state index in [0.29, 0.717) is 25.7 Å². The van der Waals surface area contributed by atoms with E-state index >= 15 is 0 Å². The molecular formula is C29H25NO. The molecule has 1 saturated carbocycles. The third kappa shape index (κ3) is 3.42. The molecule has 0 atom stereocenters. The minimum atomic E-state index is -0.701. The summed E-state index contributed by atoms with van der Waals surface area (Å²) < 4.78 is 24.6. The molecule has 5 aromatic rings. The van der Waals surface area contributed by atoms with Crippen molar-refractivity contribution in [1.82, 2.24) is 4.98 Å². The van der Waals surface area contributed by atoms with Crippen LogP contribution in [-0.4, -0.2) is 4.98 Å². The van der Waals surface area contributed by atoms with Crippen LogP contribution in [0.15, 0.2) is 95.5 Å². The fraction of sp³-hybridized carbons (Fsp3) is 0.207. The zero-order chi connectivity index (χ0) is 22.5. The first-order chi connectivity index (χ1) is 16.0. The number of benzene rings is 3. The highest BCUT2D eigenvalue weighted by molar-refractivity contribution is 6.04. The van der Waals surface area contributed by atoms with Crippen LogP contribution >= 0.6 is 0 Å². The van der Waals surface area contributed by atoms with Gasteiger partial charge in [-0.05, 0) is 72.9 Å². The quantitative estimate of drug-likeness (QED) is 0.303. The molecule has 1 aliphatic carbocycles. The van der Waals surface area contributed by atoms with E-state index in [2.05, 4.69) is 29.2 Å². The minimum Gasteiger partial charge on any atom is -0.456 e. The third-order valence-electron chi connectivity index (χ3n) is 6.48. The van der Waals surface area contributed by atoms with E-state index in [1.165, 1.54) is 0 Å². The van der Waals surface area contributed by atoms with Gasteiger partial charge in [0.05, 0.1) is 5.69 Å². The van der Waals surface area contributed by atoms with Crippen LogP contribution in [0.25, 0.3) is 33.2 Å². The summed E-state index contributed by atoms with van der Waals surface area (Å²) in [5, 5.41) is 2.20. The van der Waals surface area contributed by atoms with Crippen molar-refractivity contribution in [3.05, 3.63) is 102 Å². The number of pyridine rings is 1. The van der Waals surface area contributed by atoms with E-state index in [0.717, 1.165) is 44.3 Å². The molecule has 0 spiro atoms. The molecule has 6 rings (SSSR count). The number of nitrogens with zero attached hydrogens (tertiary/aromatic N) is 1. The van der Waals surface area contributed by atoms with Crippen LogP contribution in [0.4, 0.5) is 0 Å². The highest BCUT2D eigenvalue weighted by Gasteiger charge is 2.24. The molecule has 1 fully saturated rings. The van der Waals surface area contributed by atoms with Crippen LogP contribution in [0, 0.1) is 0 Å². The van der Waals surface area contributed by atoms with Gasteiger partial charge in [0.1, 0.15) is 11.2 Å². The molecule has 2 heterocycles. The van der Waals surface area contributed by atoms with Crippen LogP contribution in [0.3, 0.4) is 0 Å². The van der Waals surface area contributed by atoms with Gasteiger partial charge in [-0.2, -0.15) is 0 Å². The van der Waals surface area contributed by atoms with Crippen molar-refractivity contribution in [1.29, 1.82) is 0 Å². The van der Waals surface area contributed by atoms with E-state index in [1.807, 2.05) is 66.9 Å². The maximum Gasteiger partial charge on any atom is 0.135 e. The summed E-state index contributed by atoms with van der Waals surface area (Å²) in [4.78, 5) is 4.53. The second-order valence-corrected chi connectivity index (χ2v) is 8.31. The molecule has 31 heavy (non-hydrogen) atoms. The summed E-state index contributed by atoms with van der Waals surface area (Å²) in [6.45, 7) is 0. The van der Waals surface area contributed by atoms with Crippen LogP contribution in [0.1, 0.15) is 51.3 Å². The van der Waals surface area contributed by atoms with Crippen molar-refractivity contribution in [3.8, 4) is 11.3 Å². The predicted molar refractivity (Wildman–Crippen MR) is 127 cm³/mol. The fourth-order valence-corrected chi connectivity index (χ4v) is 4.79. The predicted octanol–water partition coefficient (Wildman–Crippen LogP) is 8.09. The number of fused-ring (bicyclic) bond motifs is 3. The summed E-state index contributed by atoms with van der Waals surface area (Å²) in [6, 6.07) is 28.4. The fourth-order valence-electron chi connectivity index (χ4n) is 4.79. The first kappa shape index (κ1) is 16.3. The number of aromatic nitrogens is 1. The number of hydrogen-bond donors (Lipinski definition) is 0. The van der Waals surface area contributed by atoms with Crippen LogP contribution in [0.5, 0.6) is 0 Å². The smallest absolute Gasteiger partial charge is 0.135 e. The zero-order valence-corrected chi connectivity index (χ0v) is 17.3. The van der Waals surface area contributed by atoms with Gasteiger partial charge in [0.15, 0.2) is 0 Å². The van der Waals surface area contributed by atoms with E-state index in [-0.39, 0.29) is 0 Å². The van der Waals surface area contributed by atoms with Crippen LogP contribution in [0.2, 0.25) is 0 Å². The SMILES string of the molecule is [2H]C1(c2ccnc(-c3ccccc3)c2)CCC([2H])(c2ccc3c(c2)oc2ccccc23)CC1. The average molecular weight is 406 g/mol. The first-order valence-corrected chi connectivity index (χ1v) is 11.0. The highest BCUT2D eigenvalue weighted by Crippen LogP contribution is 2.42. The normalized spacial score (nSPS) is 24.8. The monoisotopic (exact) mass is 405 g/mol. The van der Waals surface area contributed by atoms with Gasteiger partial charge in [-0.1, -0.05) is 60.7 Å². The lowest BCUT2D eigenvalue weighted by atomic mass is 9.76. The molecule has 0 bridgehead atoms. The Morgan fingerprint density at radius 2 is 1.35 bits per heavy atom. The van der Waals surface area contributed by atoms with E-state index < -0.39 is 11.8 Å².